The maximum Gasteiger partial charge on any atom is 0.121 e. The van der Waals surface area contributed by atoms with Crippen molar-refractivity contribution in [2.45, 2.75) is 19.1 Å². The Balaban J connectivity index is 2.06. The van der Waals surface area contributed by atoms with Crippen LogP contribution in [-0.4, -0.2) is 16.1 Å². The van der Waals surface area contributed by atoms with E-state index in [9.17, 15) is 0 Å². The minimum atomic E-state index is -0.287. The fraction of sp³-hybridized carbons (Fsp3) is 0.231. The number of nitrogens with zero attached hydrogens (tertiary/aromatic N) is 2. The lowest BCUT2D eigenvalue weighted by atomic mass is 10.1. The van der Waals surface area contributed by atoms with Gasteiger partial charge in [0.15, 0.2) is 0 Å². The summed E-state index contributed by atoms with van der Waals surface area (Å²) < 4.78 is 5.75. The summed E-state index contributed by atoms with van der Waals surface area (Å²) in [5.74, 6) is 0.697. The van der Waals surface area contributed by atoms with Crippen LogP contribution in [0.2, 0.25) is 5.02 Å². The minimum Gasteiger partial charge on any atom is -0.489 e. The highest BCUT2D eigenvalue weighted by molar-refractivity contribution is 6.30. The van der Waals surface area contributed by atoms with Crippen LogP contribution in [0, 0.1) is 0 Å². The van der Waals surface area contributed by atoms with Gasteiger partial charge in [-0.05, 0) is 25.1 Å². The number of rotatable bonds is 4. The zero-order valence-corrected chi connectivity index (χ0v) is 10.7. The summed E-state index contributed by atoms with van der Waals surface area (Å²) >= 11 is 5.89. The molecule has 1 heterocycles. The summed E-state index contributed by atoms with van der Waals surface area (Å²) in [6.07, 6.45) is 4.65. The van der Waals surface area contributed by atoms with Gasteiger partial charge in [-0.1, -0.05) is 17.7 Å². The Hall–Kier alpha value is -1.65. The second-order valence-electron chi connectivity index (χ2n) is 3.98. The molecule has 2 atom stereocenters. The summed E-state index contributed by atoms with van der Waals surface area (Å²) in [4.78, 5) is 7.88. The molecule has 0 saturated heterocycles. The van der Waals surface area contributed by atoms with Gasteiger partial charge in [0.2, 0.25) is 0 Å². The number of halogens is 1. The number of ether oxygens (including phenoxy) is 1. The molecule has 2 aromatic rings. The normalized spacial score (nSPS) is 13.9. The molecule has 18 heavy (non-hydrogen) atoms. The number of hydrogen-bond acceptors (Lipinski definition) is 4. The van der Waals surface area contributed by atoms with Crippen molar-refractivity contribution in [3.05, 3.63) is 53.6 Å². The van der Waals surface area contributed by atoms with E-state index < -0.39 is 0 Å². The monoisotopic (exact) mass is 263 g/mol. The largest absolute Gasteiger partial charge is 0.489 e. The highest BCUT2D eigenvalue weighted by atomic mass is 35.5. The molecule has 5 heteroatoms. The first-order valence-electron chi connectivity index (χ1n) is 5.59. The van der Waals surface area contributed by atoms with Gasteiger partial charge in [-0.25, -0.2) is 9.97 Å². The van der Waals surface area contributed by atoms with Crippen LogP contribution in [-0.2, 0) is 0 Å². The van der Waals surface area contributed by atoms with Crippen LogP contribution < -0.4 is 10.5 Å². The van der Waals surface area contributed by atoms with Crippen molar-refractivity contribution in [2.75, 3.05) is 0 Å². The molecule has 0 fully saturated rings. The number of nitrogens with two attached hydrogens (primary N) is 1. The molecule has 94 valence electrons. The zero-order valence-electron chi connectivity index (χ0n) is 9.95. The van der Waals surface area contributed by atoms with E-state index in [2.05, 4.69) is 9.97 Å². The third-order valence-corrected chi connectivity index (χ3v) is 2.82. The molecule has 1 aromatic heterocycles. The van der Waals surface area contributed by atoms with Gasteiger partial charge < -0.3 is 10.5 Å². The smallest absolute Gasteiger partial charge is 0.121 e. The minimum absolute atomic E-state index is 0.200. The zero-order chi connectivity index (χ0) is 13.0. The molecular weight excluding hydrogens is 250 g/mol. The summed E-state index contributed by atoms with van der Waals surface area (Å²) in [7, 11) is 0. The van der Waals surface area contributed by atoms with Crippen molar-refractivity contribution in [3.8, 4) is 5.75 Å². The number of benzene rings is 1. The average molecular weight is 264 g/mol. The number of hydrogen-bond donors (Lipinski definition) is 1. The van der Waals surface area contributed by atoms with Crippen molar-refractivity contribution in [3.63, 3.8) is 0 Å². The molecular formula is C13H14ClN3O. The molecule has 0 saturated carbocycles. The Bertz CT molecular complexity index is 507. The predicted octanol–water partition coefficient (Wildman–Crippen LogP) is 2.60. The standard InChI is InChI=1S/C13H14ClN3O/c1-9(13(15)10-6-16-8-17-7-10)18-12-4-2-3-11(14)5-12/h2-9,13H,15H2,1H3. The van der Waals surface area contributed by atoms with Gasteiger partial charge in [0.25, 0.3) is 0 Å². The van der Waals surface area contributed by atoms with Gasteiger partial charge in [0, 0.05) is 23.0 Å². The van der Waals surface area contributed by atoms with Crippen LogP contribution in [0.4, 0.5) is 0 Å². The van der Waals surface area contributed by atoms with E-state index in [0.29, 0.717) is 10.8 Å². The topological polar surface area (TPSA) is 61.0 Å². The molecule has 0 aliphatic rings. The van der Waals surface area contributed by atoms with E-state index in [1.54, 1.807) is 24.5 Å². The molecule has 2 rings (SSSR count). The van der Waals surface area contributed by atoms with Gasteiger partial charge in [-0.3, -0.25) is 0 Å². The van der Waals surface area contributed by atoms with E-state index in [0.717, 1.165) is 5.56 Å². The first-order valence-corrected chi connectivity index (χ1v) is 5.97. The summed E-state index contributed by atoms with van der Waals surface area (Å²) in [6, 6.07) is 6.94. The Kier molecular flexibility index (Phi) is 4.12. The molecule has 0 amide bonds. The third kappa shape index (κ3) is 3.18. The molecule has 0 radical (unpaired) electrons. The highest BCUT2D eigenvalue weighted by Gasteiger charge is 2.17. The Morgan fingerprint density at radius 3 is 2.67 bits per heavy atom. The van der Waals surface area contributed by atoms with Crippen LogP contribution in [0.1, 0.15) is 18.5 Å². The van der Waals surface area contributed by atoms with Gasteiger partial charge in [-0.2, -0.15) is 0 Å². The van der Waals surface area contributed by atoms with Gasteiger partial charge in [0.1, 0.15) is 18.2 Å². The summed E-state index contributed by atoms with van der Waals surface area (Å²) in [5, 5.41) is 0.635. The lowest BCUT2D eigenvalue weighted by Gasteiger charge is -2.21. The fourth-order valence-corrected chi connectivity index (χ4v) is 1.76. The van der Waals surface area contributed by atoms with Crippen molar-refractivity contribution < 1.29 is 4.74 Å². The molecule has 2 N–H and O–H groups in total. The van der Waals surface area contributed by atoms with Gasteiger partial charge in [-0.15, -0.1) is 0 Å². The lowest BCUT2D eigenvalue weighted by Crippen LogP contribution is -2.28. The molecule has 1 aromatic carbocycles. The molecule has 0 bridgehead atoms. The quantitative estimate of drug-likeness (QED) is 0.921. The second-order valence-corrected chi connectivity index (χ2v) is 4.41. The SMILES string of the molecule is CC(Oc1cccc(Cl)c1)C(N)c1cncnc1. The van der Waals surface area contributed by atoms with Gasteiger partial charge in [0.05, 0.1) is 6.04 Å². The first-order chi connectivity index (χ1) is 8.66. The van der Waals surface area contributed by atoms with Crippen LogP contribution >= 0.6 is 11.6 Å². The Morgan fingerprint density at radius 1 is 1.28 bits per heavy atom. The maximum absolute atomic E-state index is 6.09. The number of aromatic nitrogens is 2. The molecule has 0 spiro atoms. The highest BCUT2D eigenvalue weighted by Crippen LogP contribution is 2.22. The van der Waals surface area contributed by atoms with Crippen molar-refractivity contribution in [1.29, 1.82) is 0 Å². The predicted molar refractivity (Wildman–Crippen MR) is 70.5 cm³/mol. The van der Waals surface area contributed by atoms with E-state index in [1.165, 1.54) is 6.33 Å². The lowest BCUT2D eigenvalue weighted by molar-refractivity contribution is 0.190. The fourth-order valence-electron chi connectivity index (χ4n) is 1.58. The van der Waals surface area contributed by atoms with Crippen molar-refractivity contribution >= 4 is 11.6 Å². The molecule has 2 unspecified atom stereocenters. The van der Waals surface area contributed by atoms with Crippen LogP contribution in [0.25, 0.3) is 0 Å². The average Bonchev–Trinajstić information content (AvgIpc) is 2.39. The Labute approximate surface area is 111 Å². The first kappa shape index (κ1) is 12.8. The van der Waals surface area contributed by atoms with E-state index in [-0.39, 0.29) is 12.1 Å². The van der Waals surface area contributed by atoms with Crippen molar-refractivity contribution in [1.82, 2.24) is 9.97 Å². The summed E-state index contributed by atoms with van der Waals surface area (Å²) in [6.45, 7) is 1.90. The van der Waals surface area contributed by atoms with Crippen LogP contribution in [0.3, 0.4) is 0 Å². The van der Waals surface area contributed by atoms with Crippen LogP contribution in [0.15, 0.2) is 43.0 Å². The Morgan fingerprint density at radius 2 is 2.00 bits per heavy atom. The van der Waals surface area contributed by atoms with E-state index in [1.807, 2.05) is 19.1 Å². The van der Waals surface area contributed by atoms with Crippen LogP contribution in [0.5, 0.6) is 5.75 Å². The molecule has 0 aliphatic heterocycles. The third-order valence-electron chi connectivity index (χ3n) is 2.59. The van der Waals surface area contributed by atoms with Gasteiger partial charge >= 0.3 is 0 Å². The van der Waals surface area contributed by atoms with E-state index in [4.69, 9.17) is 22.1 Å². The maximum atomic E-state index is 6.09. The molecule has 0 aliphatic carbocycles. The second kappa shape index (κ2) is 5.80. The molecule has 4 nitrogen and oxygen atoms in total. The summed E-state index contributed by atoms with van der Waals surface area (Å²) in [5.41, 5.74) is 6.93. The van der Waals surface area contributed by atoms with Crippen molar-refractivity contribution in [2.24, 2.45) is 5.73 Å². The van der Waals surface area contributed by atoms with E-state index >= 15 is 0 Å².